The molecule has 4 aromatic rings. The third-order valence-corrected chi connectivity index (χ3v) is 8.41. The lowest BCUT2D eigenvalue weighted by Crippen LogP contribution is -2.43. The molecule has 0 aliphatic carbocycles. The van der Waals surface area contributed by atoms with Crippen LogP contribution in [0.1, 0.15) is 11.1 Å². The Morgan fingerprint density at radius 2 is 1.92 bits per heavy atom. The summed E-state index contributed by atoms with van der Waals surface area (Å²) in [6.07, 6.45) is 6.63. The molecule has 0 saturated carbocycles. The van der Waals surface area contributed by atoms with Gasteiger partial charge >= 0.3 is 16.0 Å². The number of carbonyl (C=O) groups excluding carboxylic acids is 1. The van der Waals surface area contributed by atoms with Gasteiger partial charge in [-0.05, 0) is 48.4 Å². The molecule has 5 rings (SSSR count). The molecule has 2 aromatic heterocycles. The lowest BCUT2D eigenvalue weighted by molar-refractivity contribution is 0.565. The topological polar surface area (TPSA) is 109 Å². The van der Waals surface area contributed by atoms with Crippen molar-refractivity contribution in [2.75, 3.05) is 54.0 Å². The number of piperazine rings is 1. The predicted octanol–water partition coefficient (Wildman–Crippen LogP) is 2.79. The monoisotopic (exact) mass is 531 g/mol. The smallest absolute Gasteiger partial charge is 0.369 e. The van der Waals surface area contributed by atoms with E-state index in [1.54, 1.807) is 17.5 Å². The van der Waals surface area contributed by atoms with Crippen molar-refractivity contribution in [3.63, 3.8) is 0 Å². The van der Waals surface area contributed by atoms with Crippen LogP contribution in [0.3, 0.4) is 0 Å². The first-order valence-corrected chi connectivity index (χ1v) is 14.3. The third-order valence-electron chi connectivity index (χ3n) is 6.80. The average Bonchev–Trinajstić information content (AvgIpc) is 3.31. The van der Waals surface area contributed by atoms with Crippen LogP contribution in [0.5, 0.6) is 0 Å². The molecule has 1 saturated heterocycles. The number of nitrogens with zero attached hydrogens (tertiary/aromatic N) is 6. The summed E-state index contributed by atoms with van der Waals surface area (Å²) < 4.78 is 20.1. The van der Waals surface area contributed by atoms with Crippen molar-refractivity contribution in [2.45, 2.75) is 13.5 Å². The van der Waals surface area contributed by atoms with E-state index in [1.807, 2.05) is 54.1 Å². The Morgan fingerprint density at radius 3 is 2.66 bits per heavy atom. The lowest BCUT2D eigenvalue weighted by Gasteiger charge is -2.29. The van der Waals surface area contributed by atoms with Crippen LogP contribution < -0.4 is 23.9 Å². The number of hydrogen-bond donors (Lipinski definition) is 2. The van der Waals surface area contributed by atoms with Gasteiger partial charge in [-0.3, -0.25) is 0 Å². The molecule has 1 aliphatic heterocycles. The Hall–Kier alpha value is -4.14. The van der Waals surface area contributed by atoms with E-state index in [2.05, 4.69) is 36.7 Å². The molecule has 1 unspecified atom stereocenters. The molecule has 3 heterocycles. The van der Waals surface area contributed by atoms with Crippen molar-refractivity contribution in [3.8, 4) is 0 Å². The van der Waals surface area contributed by atoms with Crippen LogP contribution in [-0.2, 0) is 21.3 Å². The van der Waals surface area contributed by atoms with Crippen LogP contribution in [0.4, 0.5) is 23.0 Å². The van der Waals surface area contributed by atoms with E-state index in [-0.39, 0.29) is 0 Å². The van der Waals surface area contributed by atoms with E-state index in [1.165, 1.54) is 18.0 Å². The summed E-state index contributed by atoms with van der Waals surface area (Å²) >= 11 is 0. The number of isocyanates is 1. The van der Waals surface area contributed by atoms with Crippen LogP contribution >= 0.6 is 0 Å². The van der Waals surface area contributed by atoms with Crippen LogP contribution in [0.25, 0.3) is 11.0 Å². The van der Waals surface area contributed by atoms with Gasteiger partial charge in [-0.25, -0.2) is 9.29 Å². The normalized spacial score (nSPS) is 15.0. The van der Waals surface area contributed by atoms with Crippen molar-refractivity contribution in [2.24, 2.45) is 0 Å². The van der Waals surface area contributed by atoms with Crippen molar-refractivity contribution in [3.05, 3.63) is 72.1 Å². The third kappa shape index (κ3) is 5.27. The fourth-order valence-corrected chi connectivity index (χ4v) is 5.61. The number of fused-ring (bicyclic) bond motifs is 1. The minimum Gasteiger partial charge on any atom is -0.369 e. The molecule has 10 nitrogen and oxygen atoms in total. The number of para-hydroxylation sites is 1. The van der Waals surface area contributed by atoms with E-state index in [0.717, 1.165) is 59.7 Å². The highest BCUT2D eigenvalue weighted by Gasteiger charge is 2.24. The zero-order valence-electron chi connectivity index (χ0n) is 21.7. The highest BCUT2D eigenvalue weighted by atomic mass is 32.2. The van der Waals surface area contributed by atoms with Gasteiger partial charge in [-0.15, -0.1) is 4.79 Å². The van der Waals surface area contributed by atoms with Gasteiger partial charge in [0.2, 0.25) is 5.95 Å². The largest absolute Gasteiger partial charge is 0.584 e. The predicted molar refractivity (Wildman–Crippen MR) is 153 cm³/mol. The molecule has 1 atom stereocenters. The van der Waals surface area contributed by atoms with Gasteiger partial charge in [0.25, 0.3) is 0 Å². The first-order valence-electron chi connectivity index (χ1n) is 12.4. The molecular formula is C27H31N8O2S+. The van der Waals surface area contributed by atoms with E-state index < -0.39 is 9.92 Å². The molecule has 0 radical (unpaired) electrons. The Kier molecular flexibility index (Phi) is 7.18. The van der Waals surface area contributed by atoms with Gasteiger partial charge in [0.05, 0.1) is 22.5 Å². The maximum absolute atomic E-state index is 13.0. The second-order valence-electron chi connectivity index (χ2n) is 9.35. The molecule has 11 heteroatoms. The summed E-state index contributed by atoms with van der Waals surface area (Å²) in [6, 6.07) is 16.2. The summed E-state index contributed by atoms with van der Waals surface area (Å²) in [5.74, 6) is 0.505. The van der Waals surface area contributed by atoms with Gasteiger partial charge in [0.15, 0.2) is 0 Å². The van der Waals surface area contributed by atoms with E-state index in [4.69, 9.17) is 4.98 Å². The SMILES string of the molecule is Cc1cccc(Cn2ccc3cnc(Nc4ccc(N5CCNCC5)cc4)nc32)c1N(C)S(C)(=O)=[N+]=C=O. The number of nitrogens with one attached hydrogen (secondary N) is 2. The number of benzene rings is 2. The number of aryl methyl sites for hydroxylation is 1. The van der Waals surface area contributed by atoms with Crippen LogP contribution in [-0.4, -0.2) is 64.3 Å². The van der Waals surface area contributed by atoms with E-state index >= 15 is 0 Å². The zero-order chi connectivity index (χ0) is 26.7. The van der Waals surface area contributed by atoms with Crippen molar-refractivity contribution in [1.82, 2.24) is 23.9 Å². The summed E-state index contributed by atoms with van der Waals surface area (Å²) in [5, 5.41) is 7.61. The number of anilines is 4. The van der Waals surface area contributed by atoms with Gasteiger partial charge in [0, 0.05) is 62.4 Å². The van der Waals surface area contributed by atoms with Crippen LogP contribution in [0.15, 0.2) is 60.9 Å². The molecule has 0 bridgehead atoms. The fraction of sp³-hybridized carbons (Fsp3) is 0.296. The Bertz CT molecular complexity index is 1640. The molecule has 0 spiro atoms. The summed E-state index contributed by atoms with van der Waals surface area (Å²) in [6.45, 7) is 6.43. The van der Waals surface area contributed by atoms with Gasteiger partial charge in [-0.2, -0.15) is 9.19 Å². The minimum atomic E-state index is -2.95. The average molecular weight is 532 g/mol. The summed E-state index contributed by atoms with van der Waals surface area (Å²) in [4.78, 5) is 22.5. The zero-order valence-corrected chi connectivity index (χ0v) is 22.5. The number of aromatic nitrogens is 3. The van der Waals surface area contributed by atoms with Crippen molar-refractivity contribution < 1.29 is 9.00 Å². The standard InChI is InChI=1S/C27H31N8O2S/c1-20-5-4-6-22(25(20)33(2)38(3,37)30-19-36)18-35-14-11-21-17-29-27(32-26(21)35)31-23-7-9-24(10-8-23)34-15-12-28-13-16-34/h4-11,14,17,28H,12-13,15-16,18H2,1-3H3,(H,29,31,32)/q+1. The van der Waals surface area contributed by atoms with Gasteiger partial charge in [-0.1, -0.05) is 18.2 Å². The van der Waals surface area contributed by atoms with Gasteiger partial charge in [0.1, 0.15) is 5.65 Å². The first kappa shape index (κ1) is 25.5. The lowest BCUT2D eigenvalue weighted by atomic mass is 10.1. The molecule has 1 fully saturated rings. The summed E-state index contributed by atoms with van der Waals surface area (Å²) in [7, 11) is -1.27. The summed E-state index contributed by atoms with van der Waals surface area (Å²) in [5.41, 5.74) is 5.51. The molecule has 1 aliphatic rings. The van der Waals surface area contributed by atoms with E-state index in [9.17, 15) is 9.00 Å². The second kappa shape index (κ2) is 10.7. The second-order valence-corrected chi connectivity index (χ2v) is 11.6. The molecule has 196 valence electrons. The van der Waals surface area contributed by atoms with Crippen LogP contribution in [0, 0.1) is 6.92 Å². The molecule has 2 N–H and O–H groups in total. The quantitative estimate of drug-likeness (QED) is 0.214. The van der Waals surface area contributed by atoms with Crippen molar-refractivity contribution >= 4 is 50.0 Å². The first-order chi connectivity index (χ1) is 18.4. The molecule has 0 amide bonds. The van der Waals surface area contributed by atoms with E-state index in [0.29, 0.717) is 12.5 Å². The number of hydrogen-bond acceptors (Lipinski definition) is 7. The Labute approximate surface area is 222 Å². The maximum atomic E-state index is 13.0. The number of rotatable bonds is 7. The highest BCUT2D eigenvalue weighted by molar-refractivity contribution is 7.93. The highest BCUT2D eigenvalue weighted by Crippen LogP contribution is 2.28. The minimum absolute atomic E-state index is 0.487. The molecule has 38 heavy (non-hydrogen) atoms. The van der Waals surface area contributed by atoms with Gasteiger partial charge < -0.3 is 20.1 Å². The maximum Gasteiger partial charge on any atom is 0.584 e. The molecular weight excluding hydrogens is 500 g/mol. The molecule has 2 aromatic carbocycles. The van der Waals surface area contributed by atoms with Crippen molar-refractivity contribution in [1.29, 1.82) is 0 Å². The van der Waals surface area contributed by atoms with Crippen LogP contribution in [0.2, 0.25) is 0 Å². The Morgan fingerprint density at radius 1 is 1.16 bits per heavy atom. The Balaban J connectivity index is 1.41. The fourth-order valence-electron chi connectivity index (χ4n) is 4.75.